The van der Waals surface area contributed by atoms with E-state index in [2.05, 4.69) is 61.5 Å². The van der Waals surface area contributed by atoms with Gasteiger partial charge in [-0.15, -0.1) is 0 Å². The molecule has 0 fully saturated rings. The van der Waals surface area contributed by atoms with Crippen LogP contribution in [0.1, 0.15) is 0 Å². The van der Waals surface area contributed by atoms with Crippen LogP contribution in [0.5, 0.6) is 0 Å². The number of nitrogens with one attached hydrogen (secondary N) is 1. The van der Waals surface area contributed by atoms with Gasteiger partial charge in [0.2, 0.25) is 5.95 Å². The quantitative estimate of drug-likeness (QED) is 0.278. The molecule has 4 aromatic carbocycles. The Hall–Kier alpha value is -3.90. The molecule has 6 heteroatoms. The molecule has 0 bridgehead atoms. The van der Waals surface area contributed by atoms with Gasteiger partial charge < -0.3 is 15.5 Å². The molecule has 0 aliphatic carbocycles. The number of anilines is 3. The molecule has 0 saturated carbocycles. The highest BCUT2D eigenvalue weighted by atomic mass is 79.9. The topological polar surface area (TPSA) is 77.0 Å². The van der Waals surface area contributed by atoms with Crippen molar-refractivity contribution in [2.24, 2.45) is 0 Å². The fraction of sp³-hybridized carbons (Fsp3) is 0. The van der Waals surface area contributed by atoms with Crippen molar-refractivity contribution in [3.8, 4) is 11.1 Å². The molecule has 0 atom stereocenters. The lowest BCUT2D eigenvalue weighted by Crippen LogP contribution is -2.01. The highest BCUT2D eigenvalue weighted by Crippen LogP contribution is 2.37. The molecule has 0 saturated heterocycles. The van der Waals surface area contributed by atoms with Gasteiger partial charge >= 0.3 is 0 Å². The van der Waals surface area contributed by atoms with Gasteiger partial charge in [-0.05, 0) is 42.0 Å². The van der Waals surface area contributed by atoms with Crippen LogP contribution in [0, 0.1) is 0 Å². The van der Waals surface area contributed by atoms with E-state index >= 15 is 0 Å². The summed E-state index contributed by atoms with van der Waals surface area (Å²) in [5.41, 5.74) is 11.5. The van der Waals surface area contributed by atoms with Crippen LogP contribution in [0.2, 0.25) is 0 Å². The van der Waals surface area contributed by atoms with Crippen LogP contribution in [0.4, 0.5) is 17.5 Å². The number of benzene rings is 4. The Morgan fingerprint density at radius 2 is 1.62 bits per heavy atom. The van der Waals surface area contributed by atoms with E-state index in [0.29, 0.717) is 5.82 Å². The number of furan rings is 1. The Kier molecular flexibility index (Phi) is 4.33. The maximum absolute atomic E-state index is 6.24. The van der Waals surface area contributed by atoms with E-state index in [9.17, 15) is 0 Å². The third-order valence-electron chi connectivity index (χ3n) is 5.52. The third-order valence-corrected chi connectivity index (χ3v) is 6.01. The SMILES string of the molecule is Nc1nc(Nc2cccc(Br)c2)c2cc(-c3cccc4c3oc3ccccc34)ccc2n1. The molecular weight excluding hydrogens is 464 g/mol. The zero-order valence-electron chi connectivity index (χ0n) is 16.8. The minimum Gasteiger partial charge on any atom is -0.455 e. The number of nitrogens with two attached hydrogens (primary N) is 1. The molecule has 6 aromatic rings. The van der Waals surface area contributed by atoms with Crippen molar-refractivity contribution in [1.82, 2.24) is 9.97 Å². The number of rotatable bonds is 3. The van der Waals surface area contributed by atoms with Crippen LogP contribution >= 0.6 is 15.9 Å². The van der Waals surface area contributed by atoms with Gasteiger partial charge in [0.1, 0.15) is 17.0 Å². The minimum atomic E-state index is 0.224. The Bertz CT molecular complexity index is 1640. The molecule has 0 aliphatic rings. The van der Waals surface area contributed by atoms with Gasteiger partial charge in [-0.3, -0.25) is 0 Å². The minimum absolute atomic E-state index is 0.224. The van der Waals surface area contributed by atoms with Crippen molar-refractivity contribution in [1.29, 1.82) is 0 Å². The summed E-state index contributed by atoms with van der Waals surface area (Å²) in [7, 11) is 0. The summed E-state index contributed by atoms with van der Waals surface area (Å²) in [6.07, 6.45) is 0. The smallest absolute Gasteiger partial charge is 0.222 e. The second-order valence-corrected chi connectivity index (χ2v) is 8.49. The molecule has 0 amide bonds. The standard InChI is InChI=1S/C26H17BrN4O/c27-16-5-3-6-17(14-16)29-25-21-13-15(11-12-22(21)30-26(28)31-25)18-8-4-9-20-19-7-1-2-10-23(19)32-24(18)20/h1-14H,(H3,28,29,30,31). The maximum atomic E-state index is 6.24. The van der Waals surface area contributed by atoms with Crippen LogP contribution < -0.4 is 11.1 Å². The number of nitrogens with zero attached hydrogens (tertiary/aromatic N) is 2. The van der Waals surface area contributed by atoms with Crippen molar-refractivity contribution >= 4 is 66.2 Å². The first-order valence-electron chi connectivity index (χ1n) is 10.2. The molecule has 6 rings (SSSR count). The number of para-hydroxylation sites is 2. The second kappa shape index (κ2) is 7.35. The lowest BCUT2D eigenvalue weighted by molar-refractivity contribution is 0.670. The van der Waals surface area contributed by atoms with E-state index in [1.165, 1.54) is 0 Å². The van der Waals surface area contributed by atoms with Gasteiger partial charge in [0.25, 0.3) is 0 Å². The molecule has 2 heterocycles. The Morgan fingerprint density at radius 1 is 0.781 bits per heavy atom. The summed E-state index contributed by atoms with van der Waals surface area (Å²) >= 11 is 3.51. The van der Waals surface area contributed by atoms with Crippen LogP contribution in [0.25, 0.3) is 44.0 Å². The van der Waals surface area contributed by atoms with E-state index in [4.69, 9.17) is 10.2 Å². The van der Waals surface area contributed by atoms with Crippen LogP contribution in [-0.2, 0) is 0 Å². The summed E-state index contributed by atoms with van der Waals surface area (Å²) in [6, 6.07) is 28.3. The monoisotopic (exact) mass is 480 g/mol. The number of aromatic nitrogens is 2. The number of fused-ring (bicyclic) bond motifs is 4. The molecule has 5 nitrogen and oxygen atoms in total. The molecular formula is C26H17BrN4O. The highest BCUT2D eigenvalue weighted by molar-refractivity contribution is 9.10. The van der Waals surface area contributed by atoms with Crippen LogP contribution in [-0.4, -0.2) is 9.97 Å². The second-order valence-electron chi connectivity index (χ2n) is 7.58. The number of nitrogen functional groups attached to an aromatic ring is 1. The first-order valence-corrected chi connectivity index (χ1v) is 11.0. The van der Waals surface area contributed by atoms with Gasteiger partial charge in [0.15, 0.2) is 0 Å². The number of halogens is 1. The van der Waals surface area contributed by atoms with Crippen molar-refractivity contribution in [3.05, 3.63) is 89.4 Å². The van der Waals surface area contributed by atoms with E-state index in [-0.39, 0.29) is 5.95 Å². The summed E-state index contributed by atoms with van der Waals surface area (Å²) < 4.78 is 7.21. The van der Waals surface area contributed by atoms with Crippen molar-refractivity contribution in [2.75, 3.05) is 11.1 Å². The lowest BCUT2D eigenvalue weighted by Gasteiger charge is -2.11. The van der Waals surface area contributed by atoms with Crippen LogP contribution in [0.3, 0.4) is 0 Å². The lowest BCUT2D eigenvalue weighted by atomic mass is 10.0. The van der Waals surface area contributed by atoms with E-state index < -0.39 is 0 Å². The van der Waals surface area contributed by atoms with E-state index in [0.717, 1.165) is 54.1 Å². The van der Waals surface area contributed by atoms with Gasteiger partial charge in [-0.1, -0.05) is 64.5 Å². The van der Waals surface area contributed by atoms with Crippen molar-refractivity contribution in [3.63, 3.8) is 0 Å². The molecule has 154 valence electrons. The normalized spacial score (nSPS) is 11.4. The molecule has 0 radical (unpaired) electrons. The van der Waals surface area contributed by atoms with Crippen LogP contribution in [0.15, 0.2) is 93.8 Å². The van der Waals surface area contributed by atoms with Gasteiger partial charge in [-0.25, -0.2) is 4.98 Å². The van der Waals surface area contributed by atoms with E-state index in [1.807, 2.05) is 54.6 Å². The Morgan fingerprint density at radius 3 is 2.53 bits per heavy atom. The zero-order valence-corrected chi connectivity index (χ0v) is 18.4. The summed E-state index contributed by atoms with van der Waals surface area (Å²) in [6.45, 7) is 0. The molecule has 0 spiro atoms. The van der Waals surface area contributed by atoms with E-state index in [1.54, 1.807) is 0 Å². The van der Waals surface area contributed by atoms with Gasteiger partial charge in [0, 0.05) is 31.9 Å². The molecule has 0 unspecified atom stereocenters. The summed E-state index contributed by atoms with van der Waals surface area (Å²) in [4.78, 5) is 8.90. The van der Waals surface area contributed by atoms with Crippen molar-refractivity contribution in [2.45, 2.75) is 0 Å². The predicted octanol–water partition coefficient (Wildman–Crippen LogP) is 7.28. The Labute approximate surface area is 192 Å². The fourth-order valence-electron chi connectivity index (χ4n) is 4.09. The fourth-order valence-corrected chi connectivity index (χ4v) is 4.49. The predicted molar refractivity (Wildman–Crippen MR) is 134 cm³/mol. The Balaban J connectivity index is 1.55. The van der Waals surface area contributed by atoms with Crippen molar-refractivity contribution < 1.29 is 4.42 Å². The first kappa shape index (κ1) is 18.8. The van der Waals surface area contributed by atoms with Gasteiger partial charge in [-0.2, -0.15) is 4.98 Å². The summed E-state index contributed by atoms with van der Waals surface area (Å²) in [5.74, 6) is 0.881. The third kappa shape index (κ3) is 3.16. The maximum Gasteiger partial charge on any atom is 0.222 e. The van der Waals surface area contributed by atoms with Gasteiger partial charge in [0.05, 0.1) is 5.52 Å². The molecule has 2 aromatic heterocycles. The first-order chi connectivity index (χ1) is 15.7. The zero-order chi connectivity index (χ0) is 21.7. The number of hydrogen-bond acceptors (Lipinski definition) is 5. The molecule has 0 aliphatic heterocycles. The molecule has 32 heavy (non-hydrogen) atoms. The average Bonchev–Trinajstić information content (AvgIpc) is 3.18. The molecule has 3 N–H and O–H groups in total. The number of hydrogen-bond donors (Lipinski definition) is 2. The largest absolute Gasteiger partial charge is 0.455 e. The summed E-state index contributed by atoms with van der Waals surface area (Å²) in [5, 5.41) is 6.47. The highest BCUT2D eigenvalue weighted by Gasteiger charge is 2.14. The average molecular weight is 481 g/mol.